The number of para-hydroxylation sites is 2. The van der Waals surface area contributed by atoms with Crippen molar-refractivity contribution in [3.05, 3.63) is 94.5 Å². The van der Waals surface area contributed by atoms with Crippen molar-refractivity contribution < 1.29 is 22.8 Å². The molecule has 3 aromatic carbocycles. The van der Waals surface area contributed by atoms with Crippen LogP contribution in [0.5, 0.6) is 0 Å². The van der Waals surface area contributed by atoms with Gasteiger partial charge in [0, 0.05) is 16.3 Å². The molecule has 0 fully saturated rings. The smallest absolute Gasteiger partial charge is 0.324 e. The Bertz CT molecular complexity index is 1180. The summed E-state index contributed by atoms with van der Waals surface area (Å²) in [5.74, 6) is -1.14. The van der Waals surface area contributed by atoms with Crippen LogP contribution < -0.4 is 10.2 Å². The van der Waals surface area contributed by atoms with E-state index in [2.05, 4.69) is 5.32 Å². The Hall–Kier alpha value is -3.32. The Morgan fingerprint density at radius 2 is 1.69 bits per heavy atom. The van der Waals surface area contributed by atoms with Crippen LogP contribution in [0.2, 0.25) is 5.02 Å². The van der Waals surface area contributed by atoms with Gasteiger partial charge in [0.1, 0.15) is 6.04 Å². The van der Waals surface area contributed by atoms with E-state index in [9.17, 15) is 22.8 Å². The molecule has 32 heavy (non-hydrogen) atoms. The minimum Gasteiger partial charge on any atom is -0.324 e. The molecule has 0 spiro atoms. The van der Waals surface area contributed by atoms with Gasteiger partial charge in [0.2, 0.25) is 5.91 Å². The number of rotatable bonds is 3. The maximum atomic E-state index is 13.4. The summed E-state index contributed by atoms with van der Waals surface area (Å²) in [6, 6.07) is 17.3. The van der Waals surface area contributed by atoms with Gasteiger partial charge in [-0.05, 0) is 54.8 Å². The normalized spacial score (nSPS) is 15.8. The van der Waals surface area contributed by atoms with Gasteiger partial charge in [-0.15, -0.1) is 0 Å². The molecule has 0 aliphatic carbocycles. The summed E-state index contributed by atoms with van der Waals surface area (Å²) in [4.78, 5) is 27.9. The average molecular weight is 459 g/mol. The standard InChI is InChI=1S/C24H18ClF3N2O2/c25-17-8-5-7-16(14-17)23(32)30-20-11-4-1-6-15(20)12-13-21(30)22(31)29-19-10-3-2-9-18(19)24(26,27)28/h1-11,14,21H,12-13H2,(H,29,31). The zero-order valence-corrected chi connectivity index (χ0v) is 17.5. The third kappa shape index (κ3) is 4.34. The third-order valence-electron chi connectivity index (χ3n) is 5.33. The number of anilines is 2. The molecular weight excluding hydrogens is 441 g/mol. The second kappa shape index (κ2) is 8.67. The van der Waals surface area contributed by atoms with Gasteiger partial charge in [-0.3, -0.25) is 14.5 Å². The van der Waals surface area contributed by atoms with Crippen molar-refractivity contribution in [3.8, 4) is 0 Å². The number of fused-ring (bicyclic) bond motifs is 1. The number of hydrogen-bond donors (Lipinski definition) is 1. The first-order chi connectivity index (χ1) is 15.3. The van der Waals surface area contributed by atoms with Gasteiger partial charge in [0.15, 0.2) is 0 Å². The first kappa shape index (κ1) is 21.9. The number of benzene rings is 3. The number of aryl methyl sites for hydroxylation is 1. The Balaban J connectivity index is 1.71. The molecule has 1 N–H and O–H groups in total. The van der Waals surface area contributed by atoms with E-state index in [0.29, 0.717) is 17.1 Å². The molecule has 8 heteroatoms. The van der Waals surface area contributed by atoms with E-state index in [1.54, 1.807) is 30.3 Å². The van der Waals surface area contributed by atoms with Gasteiger partial charge in [-0.25, -0.2) is 0 Å². The number of halogens is 4. The summed E-state index contributed by atoms with van der Waals surface area (Å²) >= 11 is 6.04. The van der Waals surface area contributed by atoms with Crippen molar-refractivity contribution in [3.63, 3.8) is 0 Å². The lowest BCUT2D eigenvalue weighted by molar-refractivity contribution is -0.137. The number of carbonyl (C=O) groups is 2. The molecule has 4 rings (SSSR count). The molecule has 4 nitrogen and oxygen atoms in total. The Morgan fingerprint density at radius 1 is 0.969 bits per heavy atom. The summed E-state index contributed by atoms with van der Waals surface area (Å²) in [5.41, 5.74) is 0.412. The average Bonchev–Trinajstić information content (AvgIpc) is 2.77. The summed E-state index contributed by atoms with van der Waals surface area (Å²) < 4.78 is 40.1. The molecule has 0 aromatic heterocycles. The van der Waals surface area contributed by atoms with Crippen LogP contribution in [-0.4, -0.2) is 17.9 Å². The Morgan fingerprint density at radius 3 is 2.44 bits per heavy atom. The fourth-order valence-electron chi connectivity index (χ4n) is 3.86. The van der Waals surface area contributed by atoms with Crippen LogP contribution >= 0.6 is 11.6 Å². The minimum absolute atomic E-state index is 0.267. The minimum atomic E-state index is -4.63. The second-order valence-corrected chi connectivity index (χ2v) is 7.84. The fourth-order valence-corrected chi connectivity index (χ4v) is 4.05. The number of alkyl halides is 3. The zero-order valence-electron chi connectivity index (χ0n) is 16.7. The highest BCUT2D eigenvalue weighted by molar-refractivity contribution is 6.31. The molecule has 1 aliphatic rings. The monoisotopic (exact) mass is 458 g/mol. The van der Waals surface area contributed by atoms with Crippen LogP contribution in [-0.2, 0) is 17.4 Å². The van der Waals surface area contributed by atoms with Crippen molar-refractivity contribution in [2.75, 3.05) is 10.2 Å². The van der Waals surface area contributed by atoms with Crippen molar-refractivity contribution in [1.82, 2.24) is 0 Å². The lowest BCUT2D eigenvalue weighted by Crippen LogP contribution is -2.50. The van der Waals surface area contributed by atoms with Crippen LogP contribution in [0.4, 0.5) is 24.5 Å². The van der Waals surface area contributed by atoms with E-state index in [4.69, 9.17) is 11.6 Å². The van der Waals surface area contributed by atoms with E-state index in [1.807, 2.05) is 12.1 Å². The number of hydrogen-bond acceptors (Lipinski definition) is 2. The molecule has 1 aliphatic heterocycles. The quantitative estimate of drug-likeness (QED) is 0.526. The van der Waals surface area contributed by atoms with Crippen LogP contribution in [0.25, 0.3) is 0 Å². The van der Waals surface area contributed by atoms with Gasteiger partial charge in [0.25, 0.3) is 5.91 Å². The maximum absolute atomic E-state index is 13.4. The molecular formula is C24H18ClF3N2O2. The summed E-state index contributed by atoms with van der Waals surface area (Å²) in [5, 5.41) is 2.75. The van der Waals surface area contributed by atoms with Crippen LogP contribution in [0.15, 0.2) is 72.8 Å². The summed E-state index contributed by atoms with van der Waals surface area (Å²) in [7, 11) is 0. The van der Waals surface area contributed by atoms with Gasteiger partial charge < -0.3 is 5.32 Å². The molecule has 0 radical (unpaired) electrons. The Labute approximate surface area is 187 Å². The van der Waals surface area contributed by atoms with Crippen LogP contribution in [0.3, 0.4) is 0 Å². The maximum Gasteiger partial charge on any atom is 0.418 e. The molecule has 1 atom stereocenters. The molecule has 3 aromatic rings. The summed E-state index contributed by atoms with van der Waals surface area (Å²) in [6.07, 6.45) is -3.85. The second-order valence-electron chi connectivity index (χ2n) is 7.40. The van der Waals surface area contributed by atoms with E-state index in [1.165, 1.54) is 29.2 Å². The molecule has 0 bridgehead atoms. The van der Waals surface area contributed by atoms with E-state index >= 15 is 0 Å². The first-order valence-corrected chi connectivity index (χ1v) is 10.3. The summed E-state index contributed by atoms with van der Waals surface area (Å²) in [6.45, 7) is 0. The third-order valence-corrected chi connectivity index (χ3v) is 5.57. The molecule has 164 valence electrons. The highest BCUT2D eigenvalue weighted by Gasteiger charge is 2.38. The molecule has 1 heterocycles. The zero-order chi connectivity index (χ0) is 22.9. The van der Waals surface area contributed by atoms with E-state index in [-0.39, 0.29) is 17.7 Å². The predicted octanol–water partition coefficient (Wildman–Crippen LogP) is 5.96. The van der Waals surface area contributed by atoms with E-state index in [0.717, 1.165) is 11.6 Å². The number of nitrogens with zero attached hydrogens (tertiary/aromatic N) is 1. The van der Waals surface area contributed by atoms with E-state index < -0.39 is 29.6 Å². The molecule has 0 saturated carbocycles. The van der Waals surface area contributed by atoms with Crippen molar-refractivity contribution >= 4 is 34.8 Å². The lowest BCUT2D eigenvalue weighted by Gasteiger charge is -2.36. The molecule has 0 saturated heterocycles. The van der Waals surface area contributed by atoms with Crippen molar-refractivity contribution in [2.24, 2.45) is 0 Å². The van der Waals surface area contributed by atoms with Crippen LogP contribution in [0.1, 0.15) is 27.9 Å². The fraction of sp³-hybridized carbons (Fsp3) is 0.167. The predicted molar refractivity (Wildman–Crippen MR) is 117 cm³/mol. The first-order valence-electron chi connectivity index (χ1n) is 9.90. The van der Waals surface area contributed by atoms with Crippen LogP contribution in [0, 0.1) is 0 Å². The highest BCUT2D eigenvalue weighted by atomic mass is 35.5. The molecule has 2 amide bonds. The highest BCUT2D eigenvalue weighted by Crippen LogP contribution is 2.36. The topological polar surface area (TPSA) is 49.4 Å². The van der Waals surface area contributed by atoms with Crippen molar-refractivity contribution in [1.29, 1.82) is 0 Å². The van der Waals surface area contributed by atoms with Gasteiger partial charge >= 0.3 is 6.18 Å². The number of amides is 2. The van der Waals surface area contributed by atoms with Gasteiger partial charge in [-0.2, -0.15) is 13.2 Å². The number of nitrogens with one attached hydrogen (secondary N) is 1. The van der Waals surface area contributed by atoms with Gasteiger partial charge in [-0.1, -0.05) is 48.0 Å². The Kier molecular flexibility index (Phi) is 5.93. The van der Waals surface area contributed by atoms with Gasteiger partial charge in [0.05, 0.1) is 11.3 Å². The lowest BCUT2D eigenvalue weighted by atomic mass is 9.94. The SMILES string of the molecule is O=C(Nc1ccccc1C(F)(F)F)C1CCc2ccccc2N1C(=O)c1cccc(Cl)c1. The number of carbonyl (C=O) groups excluding carboxylic acids is 2. The molecule has 1 unspecified atom stereocenters. The van der Waals surface area contributed by atoms with Crippen molar-refractivity contribution in [2.45, 2.75) is 25.1 Å². The largest absolute Gasteiger partial charge is 0.418 e.